The van der Waals surface area contributed by atoms with Gasteiger partial charge in [0.05, 0.1) is 6.54 Å². The van der Waals surface area contributed by atoms with E-state index < -0.39 is 64.0 Å². The van der Waals surface area contributed by atoms with E-state index in [4.69, 9.17) is 16.3 Å². The van der Waals surface area contributed by atoms with Gasteiger partial charge in [-0.25, -0.2) is 19.1 Å². The van der Waals surface area contributed by atoms with Gasteiger partial charge in [-0.15, -0.1) is 23.1 Å². The normalized spacial score (nSPS) is 18.9. The Morgan fingerprint density at radius 1 is 1.17 bits per heavy atom. The summed E-state index contributed by atoms with van der Waals surface area (Å²) in [6.45, 7) is 2.55. The molecule has 0 aromatic carbocycles. The molecule has 53 heavy (non-hydrogen) atoms. The summed E-state index contributed by atoms with van der Waals surface area (Å²) in [5.41, 5.74) is 10.0. The molecule has 0 unspecified atom stereocenters. The highest BCUT2D eigenvalue weighted by Gasteiger charge is 2.54. The van der Waals surface area contributed by atoms with Crippen molar-refractivity contribution in [1.29, 1.82) is 0 Å². The lowest BCUT2D eigenvalue weighted by molar-refractivity contribution is -0.691. The largest absolute Gasteiger partial charge is 0.478 e. The van der Waals surface area contributed by atoms with Crippen molar-refractivity contribution in [2.24, 2.45) is 5.16 Å². The number of aromatic nitrogens is 3. The van der Waals surface area contributed by atoms with Crippen molar-refractivity contribution in [3.8, 4) is 0 Å². The van der Waals surface area contributed by atoms with Gasteiger partial charge < -0.3 is 47.4 Å². The molecule has 0 aliphatic carbocycles. The summed E-state index contributed by atoms with van der Waals surface area (Å²) < 4.78 is 1.56. The molecule has 2 atom stereocenters. The van der Waals surface area contributed by atoms with Gasteiger partial charge in [0.2, 0.25) is 17.2 Å². The minimum atomic E-state index is -1.81. The Morgan fingerprint density at radius 3 is 2.57 bits per heavy atom. The molecule has 23 heteroatoms. The van der Waals surface area contributed by atoms with E-state index in [2.05, 4.69) is 31.1 Å². The number of ketones is 2. The predicted molar refractivity (Wildman–Crippen MR) is 187 cm³/mol. The molecule has 3 amide bonds. The van der Waals surface area contributed by atoms with Crippen molar-refractivity contribution >= 4 is 86.7 Å². The zero-order chi connectivity index (χ0) is 38.8. The molecule has 21 nitrogen and oxygen atoms in total. The number of aliphatic carboxylic acids is 2. The number of thiazole rings is 1. The van der Waals surface area contributed by atoms with Crippen molar-refractivity contribution in [3.63, 3.8) is 0 Å². The Bertz CT molecular complexity index is 2010. The molecule has 9 N–H and O–H groups in total. The third-order valence-electron chi connectivity index (χ3n) is 7.98. The lowest BCUT2D eigenvalue weighted by atomic mass is 10.0. The van der Waals surface area contributed by atoms with Crippen LogP contribution < -0.4 is 32.0 Å². The minimum absolute atomic E-state index is 0.00679. The summed E-state index contributed by atoms with van der Waals surface area (Å²) in [7, 11) is 1.52. The third kappa shape index (κ3) is 8.19. The number of β-lactam (4-membered cyclic amide) rings is 1. The number of nitrogens with two attached hydrogens (primary N) is 2. The number of likely N-dealkylation sites (N-methyl/N-ethyl adjacent to an activating group) is 1. The number of fused-ring (bicyclic) bond motifs is 1. The Balaban J connectivity index is 1.24. The first-order valence-electron chi connectivity index (χ1n) is 15.6. The molecule has 2 aromatic rings. The van der Waals surface area contributed by atoms with Crippen LogP contribution in [0.1, 0.15) is 19.5 Å². The smallest absolute Gasteiger partial charge is 0.352 e. The van der Waals surface area contributed by atoms with Crippen molar-refractivity contribution in [2.45, 2.75) is 37.4 Å². The van der Waals surface area contributed by atoms with Crippen LogP contribution in [0.5, 0.6) is 0 Å². The van der Waals surface area contributed by atoms with E-state index in [9.17, 15) is 43.8 Å². The van der Waals surface area contributed by atoms with E-state index in [0.29, 0.717) is 11.3 Å². The number of anilines is 3. The Kier molecular flexibility index (Phi) is 11.0. The number of rotatable bonds is 14. The summed E-state index contributed by atoms with van der Waals surface area (Å²) in [4.78, 5) is 102. The van der Waals surface area contributed by atoms with Crippen LogP contribution in [-0.4, -0.2) is 126 Å². The quantitative estimate of drug-likeness (QED) is 0.0261. The maximum absolute atomic E-state index is 13.4. The van der Waals surface area contributed by atoms with Gasteiger partial charge >= 0.3 is 11.9 Å². The van der Waals surface area contributed by atoms with E-state index >= 15 is 0 Å². The number of Topliss-reactive ketones (excluding diaryl/α,β-unsaturated/α-hetero) is 1. The number of carbonyl (C=O) groups excluding carboxylic acids is 5. The first kappa shape index (κ1) is 38.1. The molecule has 5 rings (SSSR count). The fourth-order valence-corrected chi connectivity index (χ4v) is 7.01. The van der Waals surface area contributed by atoms with E-state index in [1.165, 1.54) is 49.3 Å². The SMILES string of the molecule is CN1CC(=O)C(=O)C=C1C(=O)NCCNc1c[n+](CC2=C(C(=O)O)N3C(=O)[C@@H](NC(=O)/C(=N\OC(C)(C)C(=O)O)c4csc(N)n4)[C@H]3SC2)cnc1N. The molecule has 1 saturated heterocycles. The second-order valence-electron chi connectivity index (χ2n) is 12.2. The number of allylic oxidation sites excluding steroid dienone is 1. The Labute approximate surface area is 308 Å². The second kappa shape index (κ2) is 15.2. The van der Waals surface area contributed by atoms with Gasteiger partial charge in [0, 0.05) is 42.9 Å². The average molecular weight is 773 g/mol. The van der Waals surface area contributed by atoms with Gasteiger partial charge in [-0.2, -0.15) is 0 Å². The van der Waals surface area contributed by atoms with E-state index in [-0.39, 0.29) is 60.0 Å². The molecule has 3 aliphatic heterocycles. The molecule has 280 valence electrons. The van der Waals surface area contributed by atoms with Crippen molar-refractivity contribution in [2.75, 3.05) is 49.2 Å². The van der Waals surface area contributed by atoms with Crippen LogP contribution in [-0.2, 0) is 44.9 Å². The highest BCUT2D eigenvalue weighted by molar-refractivity contribution is 8.00. The molecule has 0 bridgehead atoms. The summed E-state index contributed by atoms with van der Waals surface area (Å²) in [6.07, 6.45) is 3.95. The topological polar surface area (TPSA) is 306 Å². The maximum Gasteiger partial charge on any atom is 0.352 e. The van der Waals surface area contributed by atoms with Crippen LogP contribution in [0, 0.1) is 0 Å². The van der Waals surface area contributed by atoms with Crippen LogP contribution in [0.3, 0.4) is 0 Å². The molecule has 5 heterocycles. The average Bonchev–Trinajstić information content (AvgIpc) is 3.53. The third-order valence-corrected chi connectivity index (χ3v) is 9.99. The number of hydrogen-bond acceptors (Lipinski definition) is 17. The molecule has 0 saturated carbocycles. The van der Waals surface area contributed by atoms with Crippen LogP contribution >= 0.6 is 23.1 Å². The molecular formula is C30H34N11O10S2+. The van der Waals surface area contributed by atoms with E-state index in [0.717, 1.165) is 22.3 Å². The molecule has 2 aromatic heterocycles. The Morgan fingerprint density at radius 2 is 1.91 bits per heavy atom. The van der Waals surface area contributed by atoms with Crippen LogP contribution in [0.4, 0.5) is 16.6 Å². The van der Waals surface area contributed by atoms with Gasteiger partial charge in [-0.05, 0) is 18.8 Å². The van der Waals surface area contributed by atoms with Crippen molar-refractivity contribution in [3.05, 3.63) is 46.6 Å². The predicted octanol–water partition coefficient (Wildman–Crippen LogP) is -2.49. The maximum atomic E-state index is 13.4. The number of carbonyl (C=O) groups is 7. The molecule has 1 fully saturated rings. The zero-order valence-electron chi connectivity index (χ0n) is 28.3. The summed E-state index contributed by atoms with van der Waals surface area (Å²) in [5.74, 6) is -5.97. The lowest BCUT2D eigenvalue weighted by Gasteiger charge is -2.49. The van der Waals surface area contributed by atoms with Crippen LogP contribution in [0.15, 0.2) is 46.1 Å². The van der Waals surface area contributed by atoms with Crippen LogP contribution in [0.25, 0.3) is 0 Å². The number of carboxylic acid groups (broad SMARTS) is 2. The molecule has 3 aliphatic rings. The number of amides is 3. The summed E-state index contributed by atoms with van der Waals surface area (Å²) in [6, 6.07) is -1.16. The van der Waals surface area contributed by atoms with Gasteiger partial charge in [0.25, 0.3) is 29.9 Å². The van der Waals surface area contributed by atoms with E-state index in [1.54, 1.807) is 10.8 Å². The molecular weight excluding hydrogens is 739 g/mol. The van der Waals surface area contributed by atoms with Crippen molar-refractivity contribution < 1.29 is 53.2 Å². The lowest BCUT2D eigenvalue weighted by Crippen LogP contribution is -2.71. The standard InChI is InChI=1S/C30H33N11O10S2/c1-30(2,28(49)50)51-38-19(15-11-53-29(32)36-15)24(45)37-20-25(46)41-21(27(47)48)13(10-52-26(20)41)7-40-8-14(22(31)35-12-40)33-4-5-34-23(44)16-6-17(42)18(43)9-39(16)3/h6,8,11-12,20,26,31,33H,4-5,7,9-10H2,1-3H3,(H6,32,34,36,37,44,45,47,48,49,50)/p+1/b38-19-/t20-,26-/m1/s1. The highest BCUT2D eigenvalue weighted by atomic mass is 32.2. The Hall–Kier alpha value is -6.10. The number of nitrogens with zero attached hydrogens (tertiary/aromatic N) is 6. The number of thioether (sulfide) groups is 1. The van der Waals surface area contributed by atoms with E-state index in [1.807, 2.05) is 0 Å². The van der Waals surface area contributed by atoms with Crippen LogP contribution in [0.2, 0.25) is 0 Å². The number of hydrogen-bond donors (Lipinski definition) is 7. The minimum Gasteiger partial charge on any atom is -0.478 e. The fourth-order valence-electron chi connectivity index (χ4n) is 5.12. The number of carboxylic acids is 2. The number of nitrogen functional groups attached to an aromatic ring is 2. The highest BCUT2D eigenvalue weighted by Crippen LogP contribution is 2.40. The zero-order valence-corrected chi connectivity index (χ0v) is 29.9. The number of nitrogens with one attached hydrogen (secondary N) is 3. The van der Waals surface area contributed by atoms with Gasteiger partial charge in [-0.3, -0.25) is 28.9 Å². The van der Waals surface area contributed by atoms with Crippen molar-refractivity contribution in [1.82, 2.24) is 30.4 Å². The fraction of sp³-hybridized carbons (Fsp3) is 0.367. The molecule has 0 spiro atoms. The second-order valence-corrected chi connectivity index (χ2v) is 14.2. The first-order chi connectivity index (χ1) is 25.0. The van der Waals surface area contributed by atoms with Gasteiger partial charge in [0.15, 0.2) is 10.8 Å². The summed E-state index contributed by atoms with van der Waals surface area (Å²) >= 11 is 2.21. The molecule has 0 radical (unpaired) electrons. The number of oxime groups is 1. The first-order valence-corrected chi connectivity index (χ1v) is 17.5. The van der Waals surface area contributed by atoms with Gasteiger partial charge in [0.1, 0.15) is 46.9 Å². The monoisotopic (exact) mass is 772 g/mol. The summed E-state index contributed by atoms with van der Waals surface area (Å²) in [5, 5.41) is 32.2. The van der Waals surface area contributed by atoms with Gasteiger partial charge in [-0.1, -0.05) is 5.16 Å².